The Hall–Kier alpha value is -2.96. The number of carbonyl (C=O) groups excluding carboxylic acids is 2. The van der Waals surface area contributed by atoms with Gasteiger partial charge in [-0.1, -0.05) is 42.5 Å². The Morgan fingerprint density at radius 3 is 2.60 bits per heavy atom. The van der Waals surface area contributed by atoms with Crippen molar-refractivity contribution in [2.75, 3.05) is 32.1 Å². The third kappa shape index (κ3) is 3.88. The number of ether oxygens (including phenoxy) is 1. The molecule has 0 N–H and O–H groups in total. The summed E-state index contributed by atoms with van der Waals surface area (Å²) in [4.78, 5) is 30.5. The molecule has 0 saturated carbocycles. The van der Waals surface area contributed by atoms with Crippen molar-refractivity contribution in [2.24, 2.45) is 0 Å². The largest absolute Gasteiger partial charge is 0.465 e. The number of para-hydroxylation sites is 1. The van der Waals surface area contributed by atoms with E-state index in [1.165, 1.54) is 23.1 Å². The Bertz CT molecular complexity index is 1050. The second kappa shape index (κ2) is 8.81. The Balaban J connectivity index is 1.60. The highest BCUT2D eigenvalue weighted by Gasteiger charge is 2.32. The molecule has 0 bridgehead atoms. The van der Waals surface area contributed by atoms with E-state index in [2.05, 4.69) is 28.5 Å². The van der Waals surface area contributed by atoms with Crippen molar-refractivity contribution in [3.05, 3.63) is 87.6 Å². The summed E-state index contributed by atoms with van der Waals surface area (Å²) in [6.45, 7) is 1.08. The monoisotopic (exact) mass is 420 g/mol. The molecule has 3 aromatic rings. The van der Waals surface area contributed by atoms with E-state index in [0.29, 0.717) is 11.3 Å². The normalized spacial score (nSPS) is 16.0. The zero-order valence-corrected chi connectivity index (χ0v) is 17.9. The van der Waals surface area contributed by atoms with Gasteiger partial charge in [-0.25, -0.2) is 4.79 Å². The summed E-state index contributed by atoms with van der Waals surface area (Å²) >= 11 is 1.78. The lowest BCUT2D eigenvalue weighted by Crippen LogP contribution is -2.43. The summed E-state index contributed by atoms with van der Waals surface area (Å²) < 4.78 is 4.88. The highest BCUT2D eigenvalue weighted by Crippen LogP contribution is 2.37. The van der Waals surface area contributed by atoms with Gasteiger partial charge in [0.2, 0.25) is 5.91 Å². The van der Waals surface area contributed by atoms with Gasteiger partial charge in [-0.05, 0) is 41.1 Å². The predicted octanol–water partition coefficient (Wildman–Crippen LogP) is 4.15. The zero-order valence-electron chi connectivity index (χ0n) is 17.1. The number of hydrogen-bond acceptors (Lipinski definition) is 5. The first-order chi connectivity index (χ1) is 14.6. The van der Waals surface area contributed by atoms with Gasteiger partial charge in [0.1, 0.15) is 0 Å². The van der Waals surface area contributed by atoms with Gasteiger partial charge in [0.25, 0.3) is 0 Å². The van der Waals surface area contributed by atoms with E-state index in [0.717, 1.165) is 13.0 Å². The summed E-state index contributed by atoms with van der Waals surface area (Å²) in [6.07, 6.45) is 0.937. The molecule has 0 radical (unpaired) electrons. The highest BCUT2D eigenvalue weighted by molar-refractivity contribution is 7.10. The smallest absolute Gasteiger partial charge is 0.339 e. The van der Waals surface area contributed by atoms with Crippen molar-refractivity contribution in [3.63, 3.8) is 0 Å². The fraction of sp³-hybridized carbons (Fsp3) is 0.250. The molecule has 154 valence electrons. The first kappa shape index (κ1) is 20.3. The predicted molar refractivity (Wildman–Crippen MR) is 119 cm³/mol. The van der Waals surface area contributed by atoms with Crippen LogP contribution in [0.5, 0.6) is 0 Å². The molecular formula is C24H24N2O3S. The molecule has 2 aromatic carbocycles. The number of rotatable bonds is 5. The molecular weight excluding hydrogens is 396 g/mol. The van der Waals surface area contributed by atoms with E-state index in [1.807, 2.05) is 24.3 Å². The maximum Gasteiger partial charge on any atom is 0.339 e. The molecule has 1 amide bonds. The maximum atomic E-state index is 13.2. The second-order valence-corrected chi connectivity index (χ2v) is 8.29. The van der Waals surface area contributed by atoms with Gasteiger partial charge < -0.3 is 9.64 Å². The molecule has 1 aromatic heterocycles. The lowest BCUT2D eigenvalue weighted by Gasteiger charge is -2.36. The van der Waals surface area contributed by atoms with E-state index in [-0.39, 0.29) is 18.5 Å². The number of methoxy groups -OCH3 is 1. The highest BCUT2D eigenvalue weighted by atomic mass is 32.1. The molecule has 0 unspecified atom stereocenters. The van der Waals surface area contributed by atoms with Crippen LogP contribution < -0.4 is 4.90 Å². The standard InChI is InChI=1S/C24H24N2O3S/c1-25(20-11-7-6-10-18(20)24(28)29-2)22(27)16-26-14-12-21-19(13-15-30-21)23(26)17-8-4-3-5-9-17/h3-11,13,15,23H,12,14,16H2,1-2H3/t23-/m1/s1. The van der Waals surface area contributed by atoms with Crippen molar-refractivity contribution in [1.29, 1.82) is 0 Å². The van der Waals surface area contributed by atoms with Gasteiger partial charge in [-0.15, -0.1) is 11.3 Å². The van der Waals surface area contributed by atoms with Crippen molar-refractivity contribution in [1.82, 2.24) is 4.90 Å². The Labute approximate surface area is 180 Å². The number of fused-ring (bicyclic) bond motifs is 1. The number of esters is 1. The van der Waals surface area contributed by atoms with E-state index in [9.17, 15) is 9.59 Å². The number of likely N-dealkylation sites (N-methyl/N-ethyl adjacent to an activating group) is 1. The lowest BCUT2D eigenvalue weighted by atomic mass is 9.93. The van der Waals surface area contributed by atoms with Gasteiger partial charge in [-0.2, -0.15) is 0 Å². The minimum Gasteiger partial charge on any atom is -0.465 e. The van der Waals surface area contributed by atoms with Crippen molar-refractivity contribution in [3.8, 4) is 0 Å². The third-order valence-corrected chi connectivity index (χ3v) is 6.56. The minimum atomic E-state index is -0.451. The molecule has 0 aliphatic carbocycles. The van der Waals surface area contributed by atoms with E-state index in [1.54, 1.807) is 41.5 Å². The van der Waals surface area contributed by atoms with Crippen LogP contribution in [0.1, 0.15) is 32.4 Å². The number of amides is 1. The number of anilines is 1. The summed E-state index contributed by atoms with van der Waals surface area (Å²) in [5.41, 5.74) is 3.40. The maximum absolute atomic E-state index is 13.2. The van der Waals surface area contributed by atoms with Crippen LogP contribution in [0.2, 0.25) is 0 Å². The first-order valence-electron chi connectivity index (χ1n) is 9.89. The molecule has 2 heterocycles. The zero-order chi connectivity index (χ0) is 21.1. The van der Waals surface area contributed by atoms with Crippen LogP contribution in [-0.2, 0) is 16.0 Å². The molecule has 0 spiro atoms. The summed E-state index contributed by atoms with van der Waals surface area (Å²) in [7, 11) is 3.05. The molecule has 0 fully saturated rings. The molecule has 4 rings (SSSR count). The SMILES string of the molecule is COC(=O)c1ccccc1N(C)C(=O)CN1CCc2sccc2[C@H]1c1ccccc1. The average molecular weight is 421 g/mol. The molecule has 0 saturated heterocycles. The van der Waals surface area contributed by atoms with Gasteiger partial charge in [-0.3, -0.25) is 9.69 Å². The Morgan fingerprint density at radius 2 is 1.83 bits per heavy atom. The summed E-state index contributed by atoms with van der Waals surface area (Å²) in [5, 5.41) is 2.13. The van der Waals surface area contributed by atoms with Crippen LogP contribution in [0.3, 0.4) is 0 Å². The van der Waals surface area contributed by atoms with Crippen LogP contribution in [0.4, 0.5) is 5.69 Å². The van der Waals surface area contributed by atoms with Gasteiger partial charge in [0.15, 0.2) is 0 Å². The number of benzene rings is 2. The fourth-order valence-electron chi connectivity index (χ4n) is 4.03. The number of nitrogens with zero attached hydrogens (tertiary/aromatic N) is 2. The number of hydrogen-bond donors (Lipinski definition) is 0. The molecule has 6 heteroatoms. The van der Waals surface area contributed by atoms with Crippen LogP contribution in [0.25, 0.3) is 0 Å². The third-order valence-electron chi connectivity index (χ3n) is 5.56. The van der Waals surface area contributed by atoms with Crippen molar-refractivity contribution in [2.45, 2.75) is 12.5 Å². The van der Waals surface area contributed by atoms with E-state index < -0.39 is 5.97 Å². The molecule has 30 heavy (non-hydrogen) atoms. The van der Waals surface area contributed by atoms with E-state index in [4.69, 9.17) is 4.74 Å². The van der Waals surface area contributed by atoms with Gasteiger partial charge in [0.05, 0.1) is 30.9 Å². The molecule has 1 atom stereocenters. The van der Waals surface area contributed by atoms with Gasteiger partial charge >= 0.3 is 5.97 Å². The number of carbonyl (C=O) groups is 2. The molecule has 1 aliphatic rings. The van der Waals surface area contributed by atoms with Gasteiger partial charge in [0, 0.05) is 18.5 Å². The average Bonchev–Trinajstić information content (AvgIpc) is 3.27. The number of thiophene rings is 1. The quantitative estimate of drug-likeness (QED) is 0.582. The first-order valence-corrected chi connectivity index (χ1v) is 10.8. The van der Waals surface area contributed by atoms with Crippen LogP contribution >= 0.6 is 11.3 Å². The second-order valence-electron chi connectivity index (χ2n) is 7.29. The lowest BCUT2D eigenvalue weighted by molar-refractivity contribution is -0.119. The fourth-order valence-corrected chi connectivity index (χ4v) is 4.93. The summed E-state index contributed by atoms with van der Waals surface area (Å²) in [6, 6.07) is 19.6. The van der Waals surface area contributed by atoms with E-state index >= 15 is 0 Å². The van der Waals surface area contributed by atoms with Crippen molar-refractivity contribution >= 4 is 28.9 Å². The molecule has 1 aliphatic heterocycles. The topological polar surface area (TPSA) is 49.9 Å². The van der Waals surface area contributed by atoms with Crippen LogP contribution in [0, 0.1) is 0 Å². The molecule has 5 nitrogen and oxygen atoms in total. The Morgan fingerprint density at radius 1 is 1.10 bits per heavy atom. The van der Waals surface area contributed by atoms with Crippen molar-refractivity contribution < 1.29 is 14.3 Å². The minimum absolute atomic E-state index is 0.0504. The van der Waals surface area contributed by atoms with Crippen LogP contribution in [0.15, 0.2) is 66.0 Å². The summed E-state index contributed by atoms with van der Waals surface area (Å²) in [5.74, 6) is -0.515. The van der Waals surface area contributed by atoms with Crippen LogP contribution in [-0.4, -0.2) is 44.0 Å². The Kier molecular flexibility index (Phi) is 5.97.